The number of carboxylic acid groups (broad SMARTS) is 2. The summed E-state index contributed by atoms with van der Waals surface area (Å²) in [5.74, 6) is -3.51. The average Bonchev–Trinajstić information content (AvgIpc) is 2.18. The lowest BCUT2D eigenvalue weighted by Crippen LogP contribution is -2.15. The summed E-state index contributed by atoms with van der Waals surface area (Å²) in [7, 11) is 0. The van der Waals surface area contributed by atoms with Gasteiger partial charge in [0.15, 0.2) is 0 Å². The number of aliphatic carboxylic acids is 2. The highest BCUT2D eigenvalue weighted by Crippen LogP contribution is 2.28. The highest BCUT2D eigenvalue weighted by molar-refractivity contribution is 6.42. The Morgan fingerprint density at radius 1 is 1.19 bits per heavy atom. The van der Waals surface area contributed by atoms with Crippen LogP contribution in [0.4, 0.5) is 0 Å². The summed E-state index contributed by atoms with van der Waals surface area (Å²) in [5, 5.41) is 18.0. The van der Waals surface area contributed by atoms with Gasteiger partial charge in [-0.25, -0.2) is 0 Å². The van der Waals surface area contributed by atoms with E-state index in [2.05, 4.69) is 0 Å². The maximum atomic E-state index is 10.9. The molecule has 0 spiro atoms. The molecule has 0 saturated heterocycles. The topological polar surface area (TPSA) is 74.6 Å². The second-order valence-electron chi connectivity index (χ2n) is 3.16. The monoisotopic (exact) mass is 262 g/mol. The highest BCUT2D eigenvalue weighted by atomic mass is 35.5. The fourth-order valence-corrected chi connectivity index (χ4v) is 1.56. The van der Waals surface area contributed by atoms with Gasteiger partial charge in [0.25, 0.3) is 0 Å². The van der Waals surface area contributed by atoms with Crippen LogP contribution in [0.5, 0.6) is 0 Å². The lowest BCUT2D eigenvalue weighted by molar-refractivity contribution is -0.145. The molecule has 0 aliphatic rings. The van der Waals surface area contributed by atoms with Gasteiger partial charge in [0.05, 0.1) is 22.4 Å². The third-order valence-corrected chi connectivity index (χ3v) is 2.76. The molecule has 1 rings (SSSR count). The van der Waals surface area contributed by atoms with Crippen LogP contribution in [-0.4, -0.2) is 22.2 Å². The van der Waals surface area contributed by atoms with Gasteiger partial charge in [0.2, 0.25) is 0 Å². The van der Waals surface area contributed by atoms with E-state index in [1.54, 1.807) is 0 Å². The molecule has 2 N–H and O–H groups in total. The van der Waals surface area contributed by atoms with E-state index in [1.807, 2.05) is 0 Å². The molecule has 0 heterocycles. The second-order valence-corrected chi connectivity index (χ2v) is 3.98. The van der Waals surface area contributed by atoms with Gasteiger partial charge in [-0.1, -0.05) is 29.3 Å². The first kappa shape index (κ1) is 12.8. The fraction of sp³-hybridized carbons (Fsp3) is 0.200. The van der Waals surface area contributed by atoms with Crippen molar-refractivity contribution in [3.05, 3.63) is 33.8 Å². The summed E-state index contributed by atoms with van der Waals surface area (Å²) in [6.07, 6.45) is -0.493. The van der Waals surface area contributed by atoms with Gasteiger partial charge in [0, 0.05) is 0 Å². The molecule has 0 amide bonds. The van der Waals surface area contributed by atoms with Gasteiger partial charge in [-0.2, -0.15) is 0 Å². The number of hydrogen-bond donors (Lipinski definition) is 2. The smallest absolute Gasteiger partial charge is 0.311 e. The average molecular weight is 263 g/mol. The van der Waals surface area contributed by atoms with E-state index in [-0.39, 0.29) is 5.02 Å². The summed E-state index contributed by atoms with van der Waals surface area (Å²) in [6.45, 7) is 0. The minimum absolute atomic E-state index is 0.204. The van der Waals surface area contributed by atoms with E-state index in [1.165, 1.54) is 18.2 Å². The van der Waals surface area contributed by atoms with E-state index in [9.17, 15) is 9.59 Å². The molecule has 0 fully saturated rings. The van der Waals surface area contributed by atoms with Gasteiger partial charge in [-0.3, -0.25) is 9.59 Å². The molecule has 4 nitrogen and oxygen atoms in total. The molecule has 86 valence electrons. The van der Waals surface area contributed by atoms with E-state index in [4.69, 9.17) is 33.4 Å². The molecule has 0 bridgehead atoms. The Balaban J connectivity index is 3.06. The molecule has 0 aliphatic carbocycles. The van der Waals surface area contributed by atoms with Gasteiger partial charge in [-0.05, 0) is 17.7 Å². The van der Waals surface area contributed by atoms with E-state index < -0.39 is 24.3 Å². The predicted octanol–water partition coefficient (Wildman–Crippen LogP) is 2.64. The first-order valence-corrected chi connectivity index (χ1v) is 5.07. The lowest BCUT2D eigenvalue weighted by Gasteiger charge is -2.10. The van der Waals surface area contributed by atoms with Crippen molar-refractivity contribution in [3.8, 4) is 0 Å². The van der Waals surface area contributed by atoms with Crippen molar-refractivity contribution in [2.45, 2.75) is 12.3 Å². The quantitative estimate of drug-likeness (QED) is 0.875. The molecule has 16 heavy (non-hydrogen) atoms. The van der Waals surface area contributed by atoms with Crippen molar-refractivity contribution < 1.29 is 19.8 Å². The van der Waals surface area contributed by atoms with Crippen LogP contribution in [0.1, 0.15) is 17.9 Å². The molecule has 1 aromatic carbocycles. The fourth-order valence-electron chi connectivity index (χ4n) is 1.25. The Kier molecular flexibility index (Phi) is 4.15. The Hall–Kier alpha value is -1.26. The second kappa shape index (κ2) is 5.18. The third kappa shape index (κ3) is 3.12. The Bertz CT molecular complexity index is 431. The van der Waals surface area contributed by atoms with Crippen LogP contribution >= 0.6 is 23.2 Å². The van der Waals surface area contributed by atoms with Crippen LogP contribution in [0, 0.1) is 0 Å². The van der Waals surface area contributed by atoms with Gasteiger partial charge in [-0.15, -0.1) is 0 Å². The third-order valence-electron chi connectivity index (χ3n) is 2.02. The van der Waals surface area contributed by atoms with Gasteiger partial charge in [0.1, 0.15) is 0 Å². The van der Waals surface area contributed by atoms with E-state index >= 15 is 0 Å². The lowest BCUT2D eigenvalue weighted by atomic mass is 9.96. The van der Waals surface area contributed by atoms with E-state index in [0.29, 0.717) is 10.6 Å². The summed E-state index contributed by atoms with van der Waals surface area (Å²) in [6, 6.07) is 4.26. The van der Waals surface area contributed by atoms with Crippen molar-refractivity contribution in [1.29, 1.82) is 0 Å². The maximum Gasteiger partial charge on any atom is 0.311 e. The first-order chi connectivity index (χ1) is 7.41. The normalized spacial score (nSPS) is 12.1. The number of hydrogen-bond acceptors (Lipinski definition) is 2. The molecule has 1 aromatic rings. The zero-order valence-electron chi connectivity index (χ0n) is 7.98. The number of carbonyl (C=O) groups is 2. The standard InChI is InChI=1S/C10H8Cl2O4/c11-7-2-1-5(3-8(7)12)6(10(15)16)4-9(13)14/h1-3,6H,4H2,(H,13,14)(H,15,16). The van der Waals surface area contributed by atoms with Crippen molar-refractivity contribution >= 4 is 35.1 Å². The van der Waals surface area contributed by atoms with Crippen LogP contribution < -0.4 is 0 Å². The molecular formula is C10H8Cl2O4. The number of rotatable bonds is 4. The van der Waals surface area contributed by atoms with Crippen molar-refractivity contribution in [2.75, 3.05) is 0 Å². The van der Waals surface area contributed by atoms with Crippen LogP contribution in [0.3, 0.4) is 0 Å². The summed E-state index contributed by atoms with van der Waals surface area (Å²) < 4.78 is 0. The SMILES string of the molecule is O=C(O)CC(C(=O)O)c1ccc(Cl)c(Cl)c1. The molecular weight excluding hydrogens is 255 g/mol. The van der Waals surface area contributed by atoms with Crippen LogP contribution in [0.2, 0.25) is 10.0 Å². The Labute approximate surface area is 101 Å². The van der Waals surface area contributed by atoms with Gasteiger partial charge >= 0.3 is 11.9 Å². The zero-order valence-corrected chi connectivity index (χ0v) is 9.50. The molecule has 1 unspecified atom stereocenters. The van der Waals surface area contributed by atoms with Crippen molar-refractivity contribution in [3.63, 3.8) is 0 Å². The highest BCUT2D eigenvalue weighted by Gasteiger charge is 2.23. The Morgan fingerprint density at radius 3 is 2.25 bits per heavy atom. The predicted molar refractivity (Wildman–Crippen MR) is 59.1 cm³/mol. The Morgan fingerprint density at radius 2 is 1.81 bits per heavy atom. The largest absolute Gasteiger partial charge is 0.481 e. The van der Waals surface area contributed by atoms with Crippen molar-refractivity contribution in [2.24, 2.45) is 0 Å². The zero-order chi connectivity index (χ0) is 12.3. The minimum Gasteiger partial charge on any atom is -0.481 e. The maximum absolute atomic E-state index is 10.9. The minimum atomic E-state index is -1.21. The molecule has 0 radical (unpaired) electrons. The molecule has 6 heteroatoms. The molecule has 1 atom stereocenters. The summed E-state index contributed by atoms with van der Waals surface area (Å²) >= 11 is 11.4. The molecule has 0 saturated carbocycles. The van der Waals surface area contributed by atoms with Crippen LogP contribution in [0.15, 0.2) is 18.2 Å². The van der Waals surface area contributed by atoms with E-state index in [0.717, 1.165) is 0 Å². The summed E-state index contributed by atoms with van der Waals surface area (Å²) in [5.41, 5.74) is 0.323. The number of halogens is 2. The van der Waals surface area contributed by atoms with Crippen LogP contribution in [0.25, 0.3) is 0 Å². The van der Waals surface area contributed by atoms with Gasteiger partial charge < -0.3 is 10.2 Å². The number of carboxylic acids is 2. The number of benzene rings is 1. The van der Waals surface area contributed by atoms with Crippen molar-refractivity contribution in [1.82, 2.24) is 0 Å². The molecule has 0 aliphatic heterocycles. The molecule has 0 aromatic heterocycles. The first-order valence-electron chi connectivity index (χ1n) is 4.31. The summed E-state index contributed by atoms with van der Waals surface area (Å²) in [4.78, 5) is 21.4. The van der Waals surface area contributed by atoms with Crippen LogP contribution in [-0.2, 0) is 9.59 Å².